The normalized spacial score (nSPS) is 18.2. The number of carbonyl (C=O) groups excluding carboxylic acids is 1. The summed E-state index contributed by atoms with van der Waals surface area (Å²) in [6, 6.07) is 9.19. The van der Waals surface area contributed by atoms with Gasteiger partial charge in [-0.3, -0.25) is 20.1 Å². The lowest BCUT2D eigenvalue weighted by molar-refractivity contribution is -0.269. The first kappa shape index (κ1) is 18.5. The summed E-state index contributed by atoms with van der Waals surface area (Å²) in [4.78, 5) is 14.8. The van der Waals surface area contributed by atoms with Gasteiger partial charge in [-0.2, -0.15) is 0 Å². The number of rotatable bonds is 4. The molecule has 0 aliphatic carbocycles. The van der Waals surface area contributed by atoms with Crippen LogP contribution in [0.2, 0.25) is 0 Å². The lowest BCUT2D eigenvalue weighted by Crippen LogP contribution is -2.35. The zero-order valence-corrected chi connectivity index (χ0v) is 15.0. The highest BCUT2D eigenvalue weighted by molar-refractivity contribution is 6.15. The van der Waals surface area contributed by atoms with Crippen molar-refractivity contribution < 1.29 is 29.8 Å². The van der Waals surface area contributed by atoms with Gasteiger partial charge >= 0.3 is 0 Å². The van der Waals surface area contributed by atoms with Crippen molar-refractivity contribution in [3.8, 4) is 11.5 Å². The Labute approximate surface area is 161 Å². The Kier molecular flexibility index (Phi) is 5.01. The van der Waals surface area contributed by atoms with E-state index in [-0.39, 0.29) is 28.2 Å². The van der Waals surface area contributed by atoms with Crippen molar-refractivity contribution in [2.75, 3.05) is 31.5 Å². The van der Waals surface area contributed by atoms with Gasteiger partial charge in [0.15, 0.2) is 5.76 Å². The third-order valence-electron chi connectivity index (χ3n) is 4.78. The molecule has 0 spiro atoms. The van der Waals surface area contributed by atoms with Gasteiger partial charge in [0.25, 0.3) is 0 Å². The fourth-order valence-electron chi connectivity index (χ4n) is 3.31. The molecule has 0 amide bonds. The molecule has 1 fully saturated rings. The van der Waals surface area contributed by atoms with Crippen molar-refractivity contribution >= 4 is 17.5 Å². The molecule has 0 atom stereocenters. The molecule has 28 heavy (non-hydrogen) atoms. The Bertz CT molecular complexity index is 934. The number of carbonyl (C=O) groups is 1. The maximum atomic E-state index is 12.7. The van der Waals surface area contributed by atoms with Gasteiger partial charge in [0.2, 0.25) is 5.78 Å². The Morgan fingerprint density at radius 2 is 1.96 bits per heavy atom. The number of Topliss-reactive ketones (excluding diaryl/α,β-unsaturated/α-hetero) is 1. The first-order valence-corrected chi connectivity index (χ1v) is 8.88. The molecule has 2 aromatic carbocycles. The maximum Gasteiger partial charge on any atom is 0.231 e. The van der Waals surface area contributed by atoms with Crippen molar-refractivity contribution in [3.05, 3.63) is 58.8 Å². The molecule has 2 aromatic rings. The zero-order chi connectivity index (χ0) is 19.7. The number of ether oxygens (including phenoxy) is 2. The second-order valence-corrected chi connectivity index (χ2v) is 6.63. The average molecular weight is 383 g/mol. The molecule has 0 saturated carbocycles. The molecule has 0 aromatic heterocycles. The zero-order valence-electron chi connectivity index (χ0n) is 15.0. The summed E-state index contributed by atoms with van der Waals surface area (Å²) >= 11 is 0. The van der Waals surface area contributed by atoms with Gasteiger partial charge in [0.1, 0.15) is 5.75 Å². The van der Waals surface area contributed by atoms with Crippen LogP contribution in [0.15, 0.2) is 42.2 Å². The maximum absolute atomic E-state index is 12.7. The van der Waals surface area contributed by atoms with Crippen LogP contribution in [0, 0.1) is 0 Å². The van der Waals surface area contributed by atoms with Gasteiger partial charge in [-0.05, 0) is 29.8 Å². The number of fused-ring (bicyclic) bond motifs is 1. The lowest BCUT2D eigenvalue weighted by Gasteiger charge is -2.29. The van der Waals surface area contributed by atoms with Crippen LogP contribution >= 0.6 is 0 Å². The van der Waals surface area contributed by atoms with Crippen molar-refractivity contribution in [1.82, 2.24) is 4.90 Å². The van der Waals surface area contributed by atoms with Crippen molar-refractivity contribution in [1.29, 1.82) is 0 Å². The third kappa shape index (κ3) is 3.58. The van der Waals surface area contributed by atoms with E-state index in [1.165, 1.54) is 30.3 Å². The molecule has 2 aliphatic rings. The Hall–Kier alpha value is -2.91. The molecule has 2 aliphatic heterocycles. The highest BCUT2D eigenvalue weighted by Crippen LogP contribution is 2.39. The number of morpholine rings is 1. The Morgan fingerprint density at radius 1 is 1.18 bits per heavy atom. The highest BCUT2D eigenvalue weighted by Gasteiger charge is 2.30. The van der Waals surface area contributed by atoms with Gasteiger partial charge in [-0.15, -0.1) is 11.0 Å². The fraction of sp³-hybridized carbons (Fsp3) is 0.250. The highest BCUT2D eigenvalue weighted by atomic mass is 16.8. The van der Waals surface area contributed by atoms with E-state index in [4.69, 9.17) is 19.9 Å². The van der Waals surface area contributed by atoms with E-state index in [0.29, 0.717) is 55.3 Å². The van der Waals surface area contributed by atoms with E-state index >= 15 is 0 Å². The van der Waals surface area contributed by atoms with Crippen LogP contribution in [0.4, 0.5) is 5.69 Å². The number of nitrogens with zero attached hydrogens (tertiary/aromatic N) is 2. The van der Waals surface area contributed by atoms with Crippen molar-refractivity contribution in [2.24, 2.45) is 0 Å². The summed E-state index contributed by atoms with van der Waals surface area (Å²) in [5.41, 5.74) is 1.52. The Balaban J connectivity index is 1.64. The molecule has 0 unspecified atom stereocenters. The smallest absolute Gasteiger partial charge is 0.231 e. The fourth-order valence-corrected chi connectivity index (χ4v) is 3.31. The van der Waals surface area contributed by atoms with Crippen LogP contribution in [-0.4, -0.2) is 47.4 Å². The van der Waals surface area contributed by atoms with Crippen LogP contribution in [-0.2, 0) is 11.3 Å². The molecule has 8 nitrogen and oxygen atoms in total. The molecule has 0 bridgehead atoms. The van der Waals surface area contributed by atoms with Crippen LogP contribution in [0.1, 0.15) is 21.5 Å². The second-order valence-electron chi connectivity index (χ2n) is 6.63. The van der Waals surface area contributed by atoms with Gasteiger partial charge < -0.3 is 14.6 Å². The number of hydrogen-bond acceptors (Lipinski definition) is 8. The molecule has 8 heteroatoms. The molecule has 0 radical (unpaired) electrons. The van der Waals surface area contributed by atoms with E-state index in [2.05, 4.69) is 4.90 Å². The predicted molar refractivity (Wildman–Crippen MR) is 97.4 cm³/mol. The van der Waals surface area contributed by atoms with Crippen LogP contribution in [0.3, 0.4) is 0 Å². The molecule has 2 N–H and O–H groups in total. The van der Waals surface area contributed by atoms with Gasteiger partial charge in [0, 0.05) is 25.2 Å². The van der Waals surface area contributed by atoms with Gasteiger partial charge in [-0.25, -0.2) is 0 Å². The summed E-state index contributed by atoms with van der Waals surface area (Å²) < 4.78 is 11.1. The minimum absolute atomic E-state index is 0.00176. The van der Waals surface area contributed by atoms with Crippen LogP contribution in [0.25, 0.3) is 6.08 Å². The first-order valence-electron chi connectivity index (χ1n) is 8.88. The second kappa shape index (κ2) is 7.61. The molecular formula is C20H19N2O6-. The predicted octanol–water partition coefficient (Wildman–Crippen LogP) is 1.79. The lowest BCUT2D eigenvalue weighted by atomic mass is 10.0. The monoisotopic (exact) mass is 383 g/mol. The first-order chi connectivity index (χ1) is 13.5. The number of hydrogen-bond donors (Lipinski definition) is 2. The quantitative estimate of drug-likeness (QED) is 0.608. The minimum atomic E-state index is -0.312. The number of anilines is 1. The van der Waals surface area contributed by atoms with Gasteiger partial charge in [0.05, 0.1) is 24.5 Å². The van der Waals surface area contributed by atoms with Crippen LogP contribution in [0.5, 0.6) is 11.5 Å². The SMILES string of the molecule is O=C1C(=Cc2cccc(N(O)O)c2)Oc2c1ccc([O-])c2CN1CCOCC1. The summed E-state index contributed by atoms with van der Waals surface area (Å²) in [5.74, 6) is -0.0910. The third-order valence-corrected chi connectivity index (χ3v) is 4.78. The summed E-state index contributed by atoms with van der Waals surface area (Å²) in [7, 11) is 0. The van der Waals surface area contributed by atoms with E-state index in [1.807, 2.05) is 0 Å². The number of allylic oxidation sites excluding steroid dienone is 1. The number of benzene rings is 2. The number of ketones is 1. The molecule has 4 rings (SSSR count). The summed E-state index contributed by atoms with van der Waals surface area (Å²) in [6.07, 6.45) is 1.51. The molecular weight excluding hydrogens is 364 g/mol. The topological polar surface area (TPSA) is 106 Å². The van der Waals surface area contributed by atoms with E-state index in [1.54, 1.807) is 12.1 Å². The molecule has 146 valence electrons. The average Bonchev–Trinajstić information content (AvgIpc) is 3.01. The van der Waals surface area contributed by atoms with E-state index in [0.717, 1.165) is 0 Å². The molecule has 2 heterocycles. The minimum Gasteiger partial charge on any atom is -0.872 e. The molecule has 1 saturated heterocycles. The van der Waals surface area contributed by atoms with Crippen LogP contribution < -0.4 is 15.1 Å². The van der Waals surface area contributed by atoms with E-state index in [9.17, 15) is 9.90 Å². The van der Waals surface area contributed by atoms with Crippen molar-refractivity contribution in [2.45, 2.75) is 6.54 Å². The summed E-state index contributed by atoms with van der Waals surface area (Å²) in [6.45, 7) is 3.04. The largest absolute Gasteiger partial charge is 0.872 e. The Morgan fingerprint density at radius 3 is 2.71 bits per heavy atom. The van der Waals surface area contributed by atoms with Crippen molar-refractivity contribution in [3.63, 3.8) is 0 Å². The van der Waals surface area contributed by atoms with E-state index < -0.39 is 0 Å². The van der Waals surface area contributed by atoms with Gasteiger partial charge in [-0.1, -0.05) is 18.2 Å². The summed E-state index contributed by atoms with van der Waals surface area (Å²) in [5, 5.41) is 30.7. The standard InChI is InChI=1S/C20H20N2O6/c23-17-5-4-15-19(24)18(11-13-2-1-3-14(10-13)22(25)26)28-20(15)16(17)12-21-6-8-27-9-7-21/h1-5,10-11,23,25-26H,6-9,12H2/p-1.